The van der Waals surface area contributed by atoms with Crippen molar-refractivity contribution in [2.24, 2.45) is 0 Å². The van der Waals surface area contributed by atoms with Gasteiger partial charge in [-0.05, 0) is 28.6 Å². The van der Waals surface area contributed by atoms with E-state index in [1.807, 2.05) is 0 Å². The van der Waals surface area contributed by atoms with Crippen LogP contribution >= 0.6 is 11.6 Å². The number of halogens is 4. The van der Waals surface area contributed by atoms with Gasteiger partial charge in [-0.15, -0.1) is 5.10 Å². The number of tetrazole rings is 1. The van der Waals surface area contributed by atoms with Crippen molar-refractivity contribution >= 4 is 17.3 Å². The molecule has 0 spiro atoms. The van der Waals surface area contributed by atoms with Gasteiger partial charge >= 0.3 is 6.18 Å². The molecule has 1 aromatic carbocycles. The van der Waals surface area contributed by atoms with Crippen LogP contribution in [0.25, 0.3) is 11.4 Å². The van der Waals surface area contributed by atoms with Gasteiger partial charge in [0.1, 0.15) is 0 Å². The first-order valence-electron chi connectivity index (χ1n) is 5.25. The highest BCUT2D eigenvalue weighted by atomic mass is 35.5. The molecule has 0 fully saturated rings. The quantitative estimate of drug-likeness (QED) is 0.882. The number of alkyl halides is 3. The van der Waals surface area contributed by atoms with Crippen LogP contribution in [0.4, 0.5) is 18.9 Å². The number of hydrogen-bond acceptors (Lipinski definition) is 4. The minimum Gasteiger partial charge on any atom is -0.398 e. The van der Waals surface area contributed by atoms with Crippen molar-refractivity contribution < 1.29 is 13.2 Å². The molecule has 0 unspecified atom stereocenters. The Bertz CT molecular complexity index is 581. The summed E-state index contributed by atoms with van der Waals surface area (Å²) >= 11 is 5.85. The highest BCUT2D eigenvalue weighted by molar-refractivity contribution is 6.33. The number of benzene rings is 1. The van der Waals surface area contributed by atoms with Gasteiger partial charge in [-0.1, -0.05) is 11.6 Å². The molecular formula is C10H9ClF3N5. The van der Waals surface area contributed by atoms with Crippen molar-refractivity contribution in [1.29, 1.82) is 0 Å². The summed E-state index contributed by atoms with van der Waals surface area (Å²) in [5.74, 6) is 0.214. The number of hydrogen-bond donors (Lipinski definition) is 1. The van der Waals surface area contributed by atoms with Gasteiger partial charge < -0.3 is 5.73 Å². The Kier molecular flexibility index (Phi) is 3.61. The van der Waals surface area contributed by atoms with Gasteiger partial charge in [0.25, 0.3) is 0 Å². The molecule has 0 aliphatic heterocycles. The third-order valence-corrected chi connectivity index (χ3v) is 2.72. The molecule has 0 bridgehead atoms. The van der Waals surface area contributed by atoms with Crippen molar-refractivity contribution in [3.05, 3.63) is 23.2 Å². The number of rotatable bonds is 3. The Morgan fingerprint density at radius 1 is 1.32 bits per heavy atom. The lowest BCUT2D eigenvalue weighted by Gasteiger charge is -2.08. The predicted molar refractivity (Wildman–Crippen MR) is 63.3 cm³/mol. The molecule has 102 valence electrons. The number of nitrogens with zero attached hydrogens (tertiary/aromatic N) is 4. The molecule has 2 N–H and O–H groups in total. The van der Waals surface area contributed by atoms with E-state index in [-0.39, 0.29) is 12.4 Å². The van der Waals surface area contributed by atoms with Crippen LogP contribution in [-0.4, -0.2) is 26.4 Å². The van der Waals surface area contributed by atoms with Gasteiger partial charge in [0.2, 0.25) is 0 Å². The molecule has 0 aliphatic carbocycles. The molecule has 5 nitrogen and oxygen atoms in total. The van der Waals surface area contributed by atoms with Crippen molar-refractivity contribution in [3.63, 3.8) is 0 Å². The summed E-state index contributed by atoms with van der Waals surface area (Å²) in [6.45, 7) is -0.353. The monoisotopic (exact) mass is 291 g/mol. The summed E-state index contributed by atoms with van der Waals surface area (Å²) in [6.07, 6.45) is -5.27. The molecule has 2 aromatic rings. The van der Waals surface area contributed by atoms with Crippen LogP contribution in [0.1, 0.15) is 6.42 Å². The van der Waals surface area contributed by atoms with Gasteiger partial charge in [-0.2, -0.15) is 13.2 Å². The van der Waals surface area contributed by atoms with Gasteiger partial charge in [-0.25, -0.2) is 4.68 Å². The van der Waals surface area contributed by atoms with E-state index in [2.05, 4.69) is 15.5 Å². The molecule has 19 heavy (non-hydrogen) atoms. The number of aryl methyl sites for hydroxylation is 1. The van der Waals surface area contributed by atoms with Gasteiger partial charge in [0.15, 0.2) is 5.82 Å². The van der Waals surface area contributed by atoms with E-state index in [1.54, 1.807) is 12.1 Å². The van der Waals surface area contributed by atoms with Gasteiger partial charge in [-0.3, -0.25) is 0 Å². The number of aromatic nitrogens is 4. The zero-order valence-electron chi connectivity index (χ0n) is 9.52. The summed E-state index contributed by atoms with van der Waals surface area (Å²) in [6, 6.07) is 4.64. The average Bonchev–Trinajstić information content (AvgIpc) is 2.77. The lowest BCUT2D eigenvalue weighted by Crippen LogP contribution is -2.14. The Morgan fingerprint density at radius 3 is 2.68 bits per heavy atom. The average molecular weight is 292 g/mol. The summed E-state index contributed by atoms with van der Waals surface area (Å²) in [7, 11) is 0. The standard InChI is InChI=1S/C10H9ClF3N5/c11-7-5-6(1-2-8(7)15)9-16-17-18-19(9)4-3-10(12,13)14/h1-2,5H,3-4,15H2. The molecule has 0 saturated heterocycles. The van der Waals surface area contributed by atoms with Crippen molar-refractivity contribution in [2.75, 3.05) is 5.73 Å². The minimum atomic E-state index is -4.26. The van der Waals surface area contributed by atoms with Crippen molar-refractivity contribution in [3.8, 4) is 11.4 Å². The van der Waals surface area contributed by atoms with E-state index in [0.717, 1.165) is 4.68 Å². The van der Waals surface area contributed by atoms with E-state index in [1.165, 1.54) is 6.07 Å². The second kappa shape index (κ2) is 5.04. The molecule has 9 heteroatoms. The molecule has 2 rings (SSSR count). The second-order valence-electron chi connectivity index (χ2n) is 3.83. The topological polar surface area (TPSA) is 69.6 Å². The van der Waals surface area contributed by atoms with Crippen LogP contribution in [0.3, 0.4) is 0 Å². The minimum absolute atomic E-state index is 0.214. The van der Waals surface area contributed by atoms with Crippen LogP contribution in [0, 0.1) is 0 Å². The predicted octanol–water partition coefficient (Wildman–Crippen LogP) is 2.53. The highest BCUT2D eigenvalue weighted by Gasteiger charge is 2.27. The first kappa shape index (κ1) is 13.6. The fraction of sp³-hybridized carbons (Fsp3) is 0.300. The van der Waals surface area contributed by atoms with Gasteiger partial charge in [0, 0.05) is 5.56 Å². The smallest absolute Gasteiger partial charge is 0.390 e. The zero-order valence-corrected chi connectivity index (χ0v) is 10.3. The Morgan fingerprint density at radius 2 is 2.05 bits per heavy atom. The van der Waals surface area contributed by atoms with Crippen LogP contribution in [-0.2, 0) is 6.54 Å². The van der Waals surface area contributed by atoms with E-state index in [4.69, 9.17) is 17.3 Å². The summed E-state index contributed by atoms with van der Waals surface area (Å²) < 4.78 is 37.6. The summed E-state index contributed by atoms with van der Waals surface area (Å²) in [5.41, 5.74) is 6.44. The van der Waals surface area contributed by atoms with E-state index < -0.39 is 12.6 Å². The molecule has 1 aromatic heterocycles. The van der Waals surface area contributed by atoms with E-state index >= 15 is 0 Å². The van der Waals surface area contributed by atoms with Crippen LogP contribution < -0.4 is 5.73 Å². The van der Waals surface area contributed by atoms with Gasteiger partial charge in [0.05, 0.1) is 23.7 Å². The first-order valence-corrected chi connectivity index (χ1v) is 5.63. The number of anilines is 1. The SMILES string of the molecule is Nc1ccc(-c2nnnn2CCC(F)(F)F)cc1Cl. The maximum atomic E-state index is 12.2. The lowest BCUT2D eigenvalue weighted by molar-refractivity contribution is -0.137. The van der Waals surface area contributed by atoms with E-state index in [9.17, 15) is 13.2 Å². The molecule has 0 saturated carbocycles. The summed E-state index contributed by atoms with van der Waals surface area (Å²) in [5, 5.41) is 10.9. The zero-order chi connectivity index (χ0) is 14.0. The van der Waals surface area contributed by atoms with E-state index in [0.29, 0.717) is 16.3 Å². The first-order chi connectivity index (χ1) is 8.87. The molecule has 0 aliphatic rings. The summed E-state index contributed by atoms with van der Waals surface area (Å²) in [4.78, 5) is 0. The Hall–Kier alpha value is -1.83. The van der Waals surface area contributed by atoms with Crippen LogP contribution in [0.5, 0.6) is 0 Å². The molecule has 0 radical (unpaired) electrons. The number of nitrogen functional groups attached to an aromatic ring is 1. The maximum Gasteiger partial charge on any atom is 0.390 e. The fourth-order valence-corrected chi connectivity index (χ4v) is 1.64. The third-order valence-electron chi connectivity index (χ3n) is 2.40. The number of nitrogens with two attached hydrogens (primary N) is 1. The Balaban J connectivity index is 2.26. The second-order valence-corrected chi connectivity index (χ2v) is 4.23. The molecular weight excluding hydrogens is 283 g/mol. The maximum absolute atomic E-state index is 12.2. The van der Waals surface area contributed by atoms with Crippen molar-refractivity contribution in [2.45, 2.75) is 19.1 Å². The molecule has 0 amide bonds. The van der Waals surface area contributed by atoms with Crippen LogP contribution in [0.15, 0.2) is 18.2 Å². The molecule has 0 atom stereocenters. The highest BCUT2D eigenvalue weighted by Crippen LogP contribution is 2.26. The van der Waals surface area contributed by atoms with Crippen molar-refractivity contribution in [1.82, 2.24) is 20.2 Å². The lowest BCUT2D eigenvalue weighted by atomic mass is 10.2. The normalized spacial score (nSPS) is 11.8. The largest absolute Gasteiger partial charge is 0.398 e. The fourth-order valence-electron chi connectivity index (χ4n) is 1.46. The Labute approximate surface area is 111 Å². The van der Waals surface area contributed by atoms with Crippen LogP contribution in [0.2, 0.25) is 5.02 Å². The third kappa shape index (κ3) is 3.34. The molecule has 1 heterocycles.